The molecule has 1 fully saturated rings. The van der Waals surface area contributed by atoms with Crippen molar-refractivity contribution in [3.8, 4) is 0 Å². The van der Waals surface area contributed by atoms with Crippen LogP contribution in [0, 0.1) is 0 Å². The molecule has 0 aromatic carbocycles. The number of hydrogen-bond donors (Lipinski definition) is 2. The Bertz CT molecular complexity index is 251. The number of nitrogens with zero attached hydrogens (tertiary/aromatic N) is 1. The number of carboxylic acid groups (broad SMARTS) is 1. The van der Waals surface area contributed by atoms with Gasteiger partial charge in [0.05, 0.1) is 0 Å². The van der Waals surface area contributed by atoms with Gasteiger partial charge in [0, 0.05) is 13.1 Å². The molecule has 0 aliphatic heterocycles. The van der Waals surface area contributed by atoms with Crippen molar-refractivity contribution in [1.82, 2.24) is 10.2 Å². The highest BCUT2D eigenvalue weighted by molar-refractivity contribution is 5.82. The maximum absolute atomic E-state index is 11.6. The molecule has 2 N–H and O–H groups in total. The molecular weight excluding hydrogens is 196 g/mol. The van der Waals surface area contributed by atoms with Crippen molar-refractivity contribution < 1.29 is 14.7 Å². The van der Waals surface area contributed by atoms with Crippen molar-refractivity contribution in [3.05, 3.63) is 0 Å². The van der Waals surface area contributed by atoms with Gasteiger partial charge in [0.1, 0.15) is 6.04 Å². The van der Waals surface area contributed by atoms with Crippen LogP contribution >= 0.6 is 0 Å². The fraction of sp³-hybridized carbons (Fsp3) is 0.800. The number of carboxylic acids is 1. The van der Waals surface area contributed by atoms with Crippen LogP contribution < -0.4 is 5.32 Å². The Hall–Kier alpha value is -1.26. The number of hydrogen-bond acceptors (Lipinski definition) is 2. The second-order valence-corrected chi connectivity index (χ2v) is 3.97. The number of aliphatic carboxylic acids is 1. The highest BCUT2D eigenvalue weighted by atomic mass is 16.4. The molecule has 1 rings (SSSR count). The number of urea groups is 1. The summed E-state index contributed by atoms with van der Waals surface area (Å²) in [5.41, 5.74) is 0. The fourth-order valence-corrected chi connectivity index (χ4v) is 1.42. The van der Waals surface area contributed by atoms with Crippen LogP contribution in [0.3, 0.4) is 0 Å². The maximum atomic E-state index is 11.6. The Balaban J connectivity index is 2.42. The largest absolute Gasteiger partial charge is 0.480 e. The zero-order valence-corrected chi connectivity index (χ0v) is 9.19. The van der Waals surface area contributed by atoms with Crippen LogP contribution in [-0.2, 0) is 4.79 Å². The SMILES string of the molecule is CCC[C@H](NC(=O)N(C)C1CC1)C(=O)O. The molecule has 0 aromatic heterocycles. The molecule has 2 amide bonds. The molecule has 0 radical (unpaired) electrons. The number of nitrogens with one attached hydrogen (secondary N) is 1. The first kappa shape index (κ1) is 11.8. The first-order valence-electron chi connectivity index (χ1n) is 5.32. The highest BCUT2D eigenvalue weighted by Crippen LogP contribution is 2.25. The Morgan fingerprint density at radius 3 is 2.53 bits per heavy atom. The van der Waals surface area contributed by atoms with Crippen LogP contribution in [0.1, 0.15) is 32.6 Å². The van der Waals surface area contributed by atoms with Gasteiger partial charge in [-0.1, -0.05) is 13.3 Å². The van der Waals surface area contributed by atoms with Crippen molar-refractivity contribution in [3.63, 3.8) is 0 Å². The highest BCUT2D eigenvalue weighted by Gasteiger charge is 2.31. The van der Waals surface area contributed by atoms with Gasteiger partial charge in [0.15, 0.2) is 0 Å². The van der Waals surface area contributed by atoms with Crippen molar-refractivity contribution in [2.24, 2.45) is 0 Å². The van der Waals surface area contributed by atoms with Crippen LogP contribution in [0.5, 0.6) is 0 Å². The molecule has 1 aliphatic rings. The lowest BCUT2D eigenvalue weighted by atomic mass is 10.2. The summed E-state index contributed by atoms with van der Waals surface area (Å²) in [5, 5.41) is 11.4. The predicted molar refractivity (Wildman–Crippen MR) is 55.6 cm³/mol. The van der Waals surface area contributed by atoms with Gasteiger partial charge in [0.25, 0.3) is 0 Å². The lowest BCUT2D eigenvalue weighted by Gasteiger charge is -2.20. The zero-order valence-electron chi connectivity index (χ0n) is 9.19. The summed E-state index contributed by atoms with van der Waals surface area (Å²) >= 11 is 0. The predicted octanol–water partition coefficient (Wildman–Crippen LogP) is 1.04. The van der Waals surface area contributed by atoms with Gasteiger partial charge in [0.2, 0.25) is 0 Å². The third-order valence-corrected chi connectivity index (χ3v) is 2.59. The summed E-state index contributed by atoms with van der Waals surface area (Å²) in [6.45, 7) is 1.90. The van der Waals surface area contributed by atoms with E-state index in [9.17, 15) is 9.59 Å². The number of carbonyl (C=O) groups is 2. The third kappa shape index (κ3) is 3.42. The van der Waals surface area contributed by atoms with E-state index < -0.39 is 12.0 Å². The quantitative estimate of drug-likeness (QED) is 0.718. The Morgan fingerprint density at radius 2 is 2.13 bits per heavy atom. The lowest BCUT2D eigenvalue weighted by Crippen LogP contribution is -2.47. The number of amides is 2. The number of carbonyl (C=O) groups excluding carboxylic acids is 1. The van der Waals surface area contributed by atoms with Crippen LogP contribution in [0.15, 0.2) is 0 Å². The fourth-order valence-electron chi connectivity index (χ4n) is 1.42. The summed E-state index contributed by atoms with van der Waals surface area (Å²) in [6, 6.07) is -0.733. The molecule has 0 heterocycles. The smallest absolute Gasteiger partial charge is 0.326 e. The normalized spacial score (nSPS) is 16.9. The van der Waals surface area contributed by atoms with Gasteiger partial charge in [-0.25, -0.2) is 9.59 Å². The van der Waals surface area contributed by atoms with Gasteiger partial charge in [-0.05, 0) is 19.3 Å². The van der Waals surface area contributed by atoms with E-state index in [2.05, 4.69) is 5.32 Å². The molecule has 0 bridgehead atoms. The molecule has 86 valence electrons. The van der Waals surface area contributed by atoms with Crippen LogP contribution in [-0.4, -0.2) is 41.1 Å². The molecule has 0 saturated heterocycles. The Labute approximate surface area is 89.4 Å². The molecule has 0 spiro atoms. The molecule has 1 saturated carbocycles. The lowest BCUT2D eigenvalue weighted by molar-refractivity contribution is -0.139. The third-order valence-electron chi connectivity index (χ3n) is 2.59. The minimum atomic E-state index is -0.964. The topological polar surface area (TPSA) is 69.6 Å². The monoisotopic (exact) mass is 214 g/mol. The summed E-state index contributed by atoms with van der Waals surface area (Å²) in [7, 11) is 1.71. The van der Waals surface area contributed by atoms with Crippen molar-refractivity contribution >= 4 is 12.0 Å². The standard InChI is InChI=1S/C10H18N2O3/c1-3-4-8(9(13)14)11-10(15)12(2)7-5-6-7/h7-8H,3-6H2,1-2H3,(H,11,15)(H,13,14)/t8-/m0/s1. The molecule has 0 unspecified atom stereocenters. The number of rotatable bonds is 5. The molecular formula is C10H18N2O3. The summed E-state index contributed by atoms with van der Waals surface area (Å²) in [6.07, 6.45) is 3.26. The average molecular weight is 214 g/mol. The van der Waals surface area contributed by atoms with Crippen LogP contribution in [0.2, 0.25) is 0 Å². The van der Waals surface area contributed by atoms with E-state index in [-0.39, 0.29) is 6.03 Å². The second kappa shape index (κ2) is 5.00. The van der Waals surface area contributed by atoms with Crippen LogP contribution in [0.4, 0.5) is 4.79 Å². The second-order valence-electron chi connectivity index (χ2n) is 3.97. The summed E-state index contributed by atoms with van der Waals surface area (Å²) < 4.78 is 0. The van der Waals surface area contributed by atoms with E-state index in [1.54, 1.807) is 11.9 Å². The van der Waals surface area contributed by atoms with Crippen molar-refractivity contribution in [2.75, 3.05) is 7.05 Å². The first-order valence-corrected chi connectivity index (χ1v) is 5.32. The minimum absolute atomic E-state index is 0.279. The minimum Gasteiger partial charge on any atom is -0.480 e. The zero-order chi connectivity index (χ0) is 11.4. The van der Waals surface area contributed by atoms with E-state index in [0.717, 1.165) is 19.3 Å². The Kier molecular flexibility index (Phi) is 3.94. The first-order chi connectivity index (χ1) is 7.06. The summed E-state index contributed by atoms with van der Waals surface area (Å²) in [4.78, 5) is 24.0. The van der Waals surface area contributed by atoms with Gasteiger partial charge in [-0.2, -0.15) is 0 Å². The van der Waals surface area contributed by atoms with E-state index >= 15 is 0 Å². The molecule has 1 atom stereocenters. The van der Waals surface area contributed by atoms with Gasteiger partial charge < -0.3 is 15.3 Å². The van der Waals surface area contributed by atoms with E-state index in [4.69, 9.17) is 5.11 Å². The average Bonchev–Trinajstić information content (AvgIpc) is 2.98. The van der Waals surface area contributed by atoms with Gasteiger partial charge in [-0.3, -0.25) is 0 Å². The van der Waals surface area contributed by atoms with Crippen molar-refractivity contribution in [2.45, 2.75) is 44.7 Å². The maximum Gasteiger partial charge on any atom is 0.326 e. The van der Waals surface area contributed by atoms with Crippen LogP contribution in [0.25, 0.3) is 0 Å². The van der Waals surface area contributed by atoms with E-state index in [0.29, 0.717) is 12.5 Å². The Morgan fingerprint density at radius 1 is 1.53 bits per heavy atom. The molecule has 15 heavy (non-hydrogen) atoms. The van der Waals surface area contributed by atoms with E-state index in [1.165, 1.54) is 0 Å². The summed E-state index contributed by atoms with van der Waals surface area (Å²) in [5.74, 6) is -0.964. The molecule has 0 aromatic rings. The molecule has 5 nitrogen and oxygen atoms in total. The van der Waals surface area contributed by atoms with Crippen molar-refractivity contribution in [1.29, 1.82) is 0 Å². The molecule has 5 heteroatoms. The van der Waals surface area contributed by atoms with Gasteiger partial charge >= 0.3 is 12.0 Å². The van der Waals surface area contributed by atoms with Gasteiger partial charge in [-0.15, -0.1) is 0 Å². The molecule has 1 aliphatic carbocycles. The van der Waals surface area contributed by atoms with E-state index in [1.807, 2.05) is 6.92 Å².